The monoisotopic (exact) mass is 296 g/mol. The van der Waals surface area contributed by atoms with E-state index in [1.807, 2.05) is 24.3 Å². The molecule has 1 unspecified atom stereocenters. The van der Waals surface area contributed by atoms with Gasteiger partial charge >= 0.3 is 5.97 Å². The van der Waals surface area contributed by atoms with Gasteiger partial charge in [0.25, 0.3) is 0 Å². The highest BCUT2D eigenvalue weighted by Gasteiger charge is 2.32. The Bertz CT molecular complexity index is 397. The van der Waals surface area contributed by atoms with Gasteiger partial charge in [-0.25, -0.2) is 0 Å². The van der Waals surface area contributed by atoms with Gasteiger partial charge in [0, 0.05) is 4.47 Å². The lowest BCUT2D eigenvalue weighted by Gasteiger charge is -2.21. The van der Waals surface area contributed by atoms with Crippen LogP contribution in [0.25, 0.3) is 0 Å². The van der Waals surface area contributed by atoms with Gasteiger partial charge in [-0.2, -0.15) is 0 Å². The Balaban J connectivity index is 2.29. The van der Waals surface area contributed by atoms with Gasteiger partial charge in [0.15, 0.2) is 0 Å². The fourth-order valence-corrected chi connectivity index (χ4v) is 3.14. The van der Waals surface area contributed by atoms with Crippen molar-refractivity contribution in [3.63, 3.8) is 0 Å². The van der Waals surface area contributed by atoms with Crippen LogP contribution in [0.1, 0.15) is 37.2 Å². The van der Waals surface area contributed by atoms with E-state index in [2.05, 4.69) is 15.9 Å². The highest BCUT2D eigenvalue weighted by Crippen LogP contribution is 2.38. The zero-order valence-electron chi connectivity index (χ0n) is 9.99. The average Bonchev–Trinajstić information content (AvgIpc) is 2.83. The molecular formula is C14H17BrO2. The average molecular weight is 297 g/mol. The molecule has 1 saturated carbocycles. The van der Waals surface area contributed by atoms with Gasteiger partial charge in [-0.15, -0.1) is 0 Å². The first-order chi connectivity index (χ1) is 8.22. The van der Waals surface area contributed by atoms with E-state index in [1.54, 1.807) is 0 Å². The van der Waals surface area contributed by atoms with Gasteiger partial charge in [-0.1, -0.05) is 40.9 Å². The van der Waals surface area contributed by atoms with E-state index >= 15 is 0 Å². The van der Waals surface area contributed by atoms with E-state index in [9.17, 15) is 4.79 Å². The summed E-state index contributed by atoms with van der Waals surface area (Å²) in [6, 6.07) is 8.00. The zero-order valence-corrected chi connectivity index (χ0v) is 11.6. The predicted octanol–water partition coefficient (Wildman–Crippen LogP) is 3.90. The van der Waals surface area contributed by atoms with Crippen LogP contribution >= 0.6 is 15.9 Å². The molecule has 0 spiro atoms. The largest absolute Gasteiger partial charge is 0.469 e. The Labute approximate surface area is 110 Å². The molecule has 0 amide bonds. The lowest BCUT2D eigenvalue weighted by Crippen LogP contribution is -2.21. The summed E-state index contributed by atoms with van der Waals surface area (Å²) < 4.78 is 5.98. The summed E-state index contributed by atoms with van der Waals surface area (Å²) in [5.74, 6) is 0.242. The molecule has 1 aromatic rings. The van der Waals surface area contributed by atoms with Crippen molar-refractivity contribution in [3.05, 3.63) is 34.3 Å². The third-order valence-corrected chi connectivity index (χ3v) is 4.03. The van der Waals surface area contributed by atoms with Crippen LogP contribution in [0.2, 0.25) is 0 Å². The summed E-state index contributed by atoms with van der Waals surface area (Å²) in [4.78, 5) is 12.0. The van der Waals surface area contributed by atoms with E-state index in [-0.39, 0.29) is 11.9 Å². The normalized spacial score (nSPS) is 18.0. The first-order valence-electron chi connectivity index (χ1n) is 6.05. The molecule has 0 saturated heterocycles. The van der Waals surface area contributed by atoms with Crippen molar-refractivity contribution in [2.45, 2.75) is 31.6 Å². The number of methoxy groups -OCH3 is 1. The van der Waals surface area contributed by atoms with Crippen molar-refractivity contribution in [2.75, 3.05) is 7.11 Å². The van der Waals surface area contributed by atoms with Crippen molar-refractivity contribution < 1.29 is 9.53 Å². The second kappa shape index (κ2) is 5.67. The zero-order chi connectivity index (χ0) is 12.3. The first kappa shape index (κ1) is 12.6. The predicted molar refractivity (Wildman–Crippen MR) is 70.9 cm³/mol. The van der Waals surface area contributed by atoms with E-state index < -0.39 is 0 Å². The van der Waals surface area contributed by atoms with Gasteiger partial charge in [0.05, 0.1) is 13.0 Å². The van der Waals surface area contributed by atoms with Gasteiger partial charge in [0.2, 0.25) is 0 Å². The van der Waals surface area contributed by atoms with Crippen molar-refractivity contribution in [1.82, 2.24) is 0 Å². The van der Waals surface area contributed by atoms with E-state index in [0.29, 0.717) is 5.92 Å². The second-order valence-electron chi connectivity index (χ2n) is 4.60. The number of carbonyl (C=O) groups is 1. The third kappa shape index (κ3) is 2.89. The van der Waals surface area contributed by atoms with E-state index in [4.69, 9.17) is 4.74 Å². The third-order valence-electron chi connectivity index (χ3n) is 3.53. The van der Waals surface area contributed by atoms with E-state index in [1.165, 1.54) is 20.0 Å². The summed E-state index contributed by atoms with van der Waals surface area (Å²) in [5.41, 5.74) is 1.07. The van der Waals surface area contributed by atoms with Crippen molar-refractivity contribution in [2.24, 2.45) is 5.92 Å². The SMILES string of the molecule is COC(=O)C(c1cccc(Br)c1)C1CCCC1. The Morgan fingerprint density at radius 1 is 1.41 bits per heavy atom. The molecule has 92 valence electrons. The number of hydrogen-bond donors (Lipinski definition) is 0. The molecule has 17 heavy (non-hydrogen) atoms. The summed E-state index contributed by atoms with van der Waals surface area (Å²) >= 11 is 3.46. The highest BCUT2D eigenvalue weighted by atomic mass is 79.9. The molecule has 3 heteroatoms. The number of benzene rings is 1. The molecule has 1 aliphatic rings. The molecular weight excluding hydrogens is 280 g/mol. The standard InChI is InChI=1S/C14H17BrO2/c1-17-14(16)13(10-5-2-3-6-10)11-7-4-8-12(15)9-11/h4,7-10,13H,2-3,5-6H2,1H3. The Kier molecular flexibility index (Phi) is 4.21. The molecule has 0 N–H and O–H groups in total. The van der Waals surface area contributed by atoms with Crippen molar-refractivity contribution in [3.8, 4) is 0 Å². The fraction of sp³-hybridized carbons (Fsp3) is 0.500. The lowest BCUT2D eigenvalue weighted by molar-refractivity contribution is -0.143. The van der Waals surface area contributed by atoms with Crippen LogP contribution in [0.3, 0.4) is 0 Å². The smallest absolute Gasteiger partial charge is 0.313 e. The van der Waals surface area contributed by atoms with E-state index in [0.717, 1.165) is 22.9 Å². The minimum Gasteiger partial charge on any atom is -0.469 e. The molecule has 2 rings (SSSR count). The molecule has 0 heterocycles. The fourth-order valence-electron chi connectivity index (χ4n) is 2.72. The molecule has 1 fully saturated rings. The maximum absolute atomic E-state index is 12.0. The number of rotatable bonds is 3. The number of esters is 1. The lowest BCUT2D eigenvalue weighted by atomic mass is 9.85. The van der Waals surface area contributed by atoms with Gasteiger partial charge < -0.3 is 4.74 Å². The minimum atomic E-state index is -0.102. The maximum Gasteiger partial charge on any atom is 0.313 e. The van der Waals surface area contributed by atoms with Crippen molar-refractivity contribution in [1.29, 1.82) is 0 Å². The molecule has 0 bridgehead atoms. The van der Waals surface area contributed by atoms with Gasteiger partial charge in [0.1, 0.15) is 0 Å². The molecule has 1 aromatic carbocycles. The van der Waals surface area contributed by atoms with Crippen LogP contribution < -0.4 is 0 Å². The highest BCUT2D eigenvalue weighted by molar-refractivity contribution is 9.10. The summed E-state index contributed by atoms with van der Waals surface area (Å²) in [6.45, 7) is 0. The summed E-state index contributed by atoms with van der Waals surface area (Å²) in [5, 5.41) is 0. The topological polar surface area (TPSA) is 26.3 Å². The number of carbonyl (C=O) groups excluding carboxylic acids is 1. The molecule has 2 nitrogen and oxygen atoms in total. The molecule has 1 aliphatic carbocycles. The van der Waals surface area contributed by atoms with Crippen LogP contribution in [0.5, 0.6) is 0 Å². The van der Waals surface area contributed by atoms with Crippen LogP contribution in [0.4, 0.5) is 0 Å². The van der Waals surface area contributed by atoms with Crippen LogP contribution in [-0.4, -0.2) is 13.1 Å². The first-order valence-corrected chi connectivity index (χ1v) is 6.85. The molecule has 1 atom stereocenters. The number of halogens is 1. The van der Waals surface area contributed by atoms with Crippen LogP contribution in [0.15, 0.2) is 28.7 Å². The van der Waals surface area contributed by atoms with Crippen LogP contribution in [0, 0.1) is 5.92 Å². The van der Waals surface area contributed by atoms with Crippen molar-refractivity contribution >= 4 is 21.9 Å². The Morgan fingerprint density at radius 2 is 2.12 bits per heavy atom. The Hall–Kier alpha value is -0.830. The van der Waals surface area contributed by atoms with Gasteiger partial charge in [-0.05, 0) is 36.5 Å². The van der Waals surface area contributed by atoms with Crippen LogP contribution in [-0.2, 0) is 9.53 Å². The quantitative estimate of drug-likeness (QED) is 0.791. The summed E-state index contributed by atoms with van der Waals surface area (Å²) in [7, 11) is 1.47. The molecule has 0 aromatic heterocycles. The second-order valence-corrected chi connectivity index (χ2v) is 5.52. The molecule has 0 aliphatic heterocycles. The number of ether oxygens (including phenoxy) is 1. The van der Waals surface area contributed by atoms with Gasteiger partial charge in [-0.3, -0.25) is 4.79 Å². The summed E-state index contributed by atoms with van der Waals surface area (Å²) in [6.07, 6.45) is 4.72. The maximum atomic E-state index is 12.0. The molecule has 0 radical (unpaired) electrons. The Morgan fingerprint density at radius 3 is 2.71 bits per heavy atom. The minimum absolute atomic E-state index is 0.0972. The number of hydrogen-bond acceptors (Lipinski definition) is 2.